The highest BCUT2D eigenvalue weighted by Gasteiger charge is 2.14. The Bertz CT molecular complexity index is 539. The number of aromatic nitrogens is 3. The lowest BCUT2D eigenvalue weighted by atomic mass is 10.2. The van der Waals surface area contributed by atoms with Gasteiger partial charge in [-0.2, -0.15) is 5.10 Å². The second kappa shape index (κ2) is 6.42. The first-order chi connectivity index (χ1) is 9.18. The third-order valence-electron chi connectivity index (χ3n) is 2.53. The van der Waals surface area contributed by atoms with Gasteiger partial charge in [-0.1, -0.05) is 6.07 Å². The van der Waals surface area contributed by atoms with Crippen LogP contribution in [0.1, 0.15) is 22.6 Å². The van der Waals surface area contributed by atoms with Crippen molar-refractivity contribution in [1.29, 1.82) is 0 Å². The smallest absolute Gasteiger partial charge is 0.255 e. The second-order valence-corrected chi connectivity index (χ2v) is 4.74. The van der Waals surface area contributed by atoms with E-state index < -0.39 is 11.7 Å². The predicted octanol–water partition coefficient (Wildman–Crippen LogP) is 2.07. The van der Waals surface area contributed by atoms with Crippen LogP contribution in [0.5, 0.6) is 0 Å². The van der Waals surface area contributed by atoms with Gasteiger partial charge in [0.05, 0.1) is 5.56 Å². The molecule has 1 amide bonds. The van der Waals surface area contributed by atoms with E-state index in [1.807, 2.05) is 0 Å². The zero-order chi connectivity index (χ0) is 13.7. The highest BCUT2D eigenvalue weighted by molar-refractivity contribution is 9.10. The van der Waals surface area contributed by atoms with Gasteiger partial charge in [0, 0.05) is 17.4 Å². The first kappa shape index (κ1) is 13.7. The number of hydrogen-bond donors (Lipinski definition) is 2. The summed E-state index contributed by atoms with van der Waals surface area (Å²) in [5, 5.41) is 9.13. The van der Waals surface area contributed by atoms with Crippen molar-refractivity contribution in [2.75, 3.05) is 6.54 Å². The summed E-state index contributed by atoms with van der Waals surface area (Å²) in [6.45, 7) is 0.445. The second-order valence-electron chi connectivity index (χ2n) is 3.89. The Morgan fingerprint density at radius 1 is 1.47 bits per heavy atom. The van der Waals surface area contributed by atoms with Gasteiger partial charge in [0.1, 0.15) is 18.0 Å². The SMILES string of the molecule is O=C(NCCCc1ncn[nH]1)c1c(F)cccc1Br. The van der Waals surface area contributed by atoms with Gasteiger partial charge in [0.25, 0.3) is 5.91 Å². The van der Waals surface area contributed by atoms with Crippen LogP contribution < -0.4 is 5.32 Å². The van der Waals surface area contributed by atoms with Gasteiger partial charge >= 0.3 is 0 Å². The van der Waals surface area contributed by atoms with Crippen molar-refractivity contribution in [1.82, 2.24) is 20.5 Å². The Labute approximate surface area is 117 Å². The van der Waals surface area contributed by atoms with Crippen LogP contribution in [0.3, 0.4) is 0 Å². The molecule has 2 N–H and O–H groups in total. The van der Waals surface area contributed by atoms with Gasteiger partial charge in [-0.05, 0) is 34.5 Å². The van der Waals surface area contributed by atoms with Gasteiger partial charge in [0.15, 0.2) is 0 Å². The molecule has 7 heteroatoms. The maximum Gasteiger partial charge on any atom is 0.255 e. The van der Waals surface area contributed by atoms with Crippen LogP contribution in [0.25, 0.3) is 0 Å². The van der Waals surface area contributed by atoms with Gasteiger partial charge < -0.3 is 5.32 Å². The maximum absolute atomic E-state index is 13.5. The van der Waals surface area contributed by atoms with E-state index in [9.17, 15) is 9.18 Å². The van der Waals surface area contributed by atoms with Crippen molar-refractivity contribution in [3.8, 4) is 0 Å². The van der Waals surface area contributed by atoms with Crippen molar-refractivity contribution >= 4 is 21.8 Å². The van der Waals surface area contributed by atoms with E-state index >= 15 is 0 Å². The summed E-state index contributed by atoms with van der Waals surface area (Å²) < 4.78 is 14.0. The molecule has 19 heavy (non-hydrogen) atoms. The normalized spacial score (nSPS) is 10.4. The summed E-state index contributed by atoms with van der Waals surface area (Å²) in [5.74, 6) is -0.203. The third-order valence-corrected chi connectivity index (χ3v) is 3.19. The largest absolute Gasteiger partial charge is 0.352 e. The molecule has 1 aromatic heterocycles. The minimum absolute atomic E-state index is 0.0298. The Kier molecular flexibility index (Phi) is 4.62. The first-order valence-corrected chi connectivity index (χ1v) is 6.54. The van der Waals surface area contributed by atoms with E-state index in [0.29, 0.717) is 23.9 Å². The van der Waals surface area contributed by atoms with Crippen LogP contribution in [-0.4, -0.2) is 27.6 Å². The predicted molar refractivity (Wildman–Crippen MR) is 71.1 cm³/mol. The maximum atomic E-state index is 13.5. The number of aryl methyl sites for hydroxylation is 1. The van der Waals surface area contributed by atoms with Gasteiger partial charge in [-0.25, -0.2) is 9.37 Å². The van der Waals surface area contributed by atoms with E-state index in [0.717, 1.165) is 5.82 Å². The molecule has 0 spiro atoms. The van der Waals surface area contributed by atoms with E-state index in [2.05, 4.69) is 36.4 Å². The Hall–Kier alpha value is -1.76. The third kappa shape index (κ3) is 3.60. The molecule has 0 bridgehead atoms. The van der Waals surface area contributed by atoms with Crippen molar-refractivity contribution in [2.24, 2.45) is 0 Å². The van der Waals surface area contributed by atoms with Gasteiger partial charge in [-0.3, -0.25) is 9.89 Å². The standard InChI is InChI=1S/C12H12BrFN4O/c13-8-3-1-4-9(14)11(8)12(19)15-6-2-5-10-16-7-17-18-10/h1,3-4,7H,2,5-6H2,(H,15,19)(H,16,17,18). The molecule has 1 heterocycles. The highest BCUT2D eigenvalue weighted by atomic mass is 79.9. The number of nitrogens with zero attached hydrogens (tertiary/aromatic N) is 2. The lowest BCUT2D eigenvalue weighted by Gasteiger charge is -2.07. The number of H-pyrrole nitrogens is 1. The quantitative estimate of drug-likeness (QED) is 0.826. The van der Waals surface area contributed by atoms with E-state index in [-0.39, 0.29) is 5.56 Å². The molecule has 2 rings (SSSR count). The fraction of sp³-hybridized carbons (Fsp3) is 0.250. The van der Waals surface area contributed by atoms with Gasteiger partial charge in [0.2, 0.25) is 0 Å². The molecule has 0 aliphatic heterocycles. The molecule has 0 atom stereocenters. The highest BCUT2D eigenvalue weighted by Crippen LogP contribution is 2.19. The summed E-state index contributed by atoms with van der Waals surface area (Å²) in [5.41, 5.74) is 0.0298. The zero-order valence-corrected chi connectivity index (χ0v) is 11.6. The molecule has 0 saturated heterocycles. The summed E-state index contributed by atoms with van der Waals surface area (Å²) in [6, 6.07) is 4.43. The van der Waals surface area contributed by atoms with Crippen LogP contribution in [0, 0.1) is 5.82 Å². The van der Waals surface area contributed by atoms with Crippen molar-refractivity contribution < 1.29 is 9.18 Å². The minimum atomic E-state index is -0.540. The van der Waals surface area contributed by atoms with Crippen LogP contribution in [0.15, 0.2) is 29.0 Å². The topological polar surface area (TPSA) is 70.7 Å². The number of carbonyl (C=O) groups is 1. The molecule has 0 saturated carbocycles. The molecule has 0 fully saturated rings. The number of carbonyl (C=O) groups excluding carboxylic acids is 1. The van der Waals surface area contributed by atoms with Crippen molar-refractivity contribution in [3.05, 3.63) is 46.2 Å². The lowest BCUT2D eigenvalue weighted by molar-refractivity contribution is 0.0948. The molecule has 0 unspecified atom stereocenters. The number of hydrogen-bond acceptors (Lipinski definition) is 3. The monoisotopic (exact) mass is 326 g/mol. The summed E-state index contributed by atoms with van der Waals surface area (Å²) in [7, 11) is 0. The van der Waals surface area contributed by atoms with E-state index in [4.69, 9.17) is 0 Å². The number of halogens is 2. The fourth-order valence-corrected chi connectivity index (χ4v) is 2.13. The Morgan fingerprint density at radius 3 is 3.00 bits per heavy atom. The Balaban J connectivity index is 1.84. The molecular formula is C12H12BrFN4O. The molecule has 0 aliphatic carbocycles. The summed E-state index contributed by atoms with van der Waals surface area (Å²) in [6.07, 6.45) is 2.82. The van der Waals surface area contributed by atoms with Gasteiger partial charge in [-0.15, -0.1) is 0 Å². The number of rotatable bonds is 5. The number of aromatic amines is 1. The molecular weight excluding hydrogens is 315 g/mol. The number of nitrogens with one attached hydrogen (secondary N) is 2. The molecule has 0 radical (unpaired) electrons. The first-order valence-electron chi connectivity index (χ1n) is 5.75. The van der Waals surface area contributed by atoms with Crippen LogP contribution >= 0.6 is 15.9 Å². The average molecular weight is 327 g/mol. The Morgan fingerprint density at radius 2 is 2.32 bits per heavy atom. The van der Waals surface area contributed by atoms with Crippen molar-refractivity contribution in [3.63, 3.8) is 0 Å². The molecule has 0 aliphatic rings. The lowest BCUT2D eigenvalue weighted by Crippen LogP contribution is -2.26. The fourth-order valence-electron chi connectivity index (χ4n) is 1.61. The number of benzene rings is 1. The number of amides is 1. The molecule has 2 aromatic rings. The average Bonchev–Trinajstić information content (AvgIpc) is 2.87. The zero-order valence-electron chi connectivity index (χ0n) is 9.99. The molecule has 1 aromatic carbocycles. The summed E-state index contributed by atoms with van der Waals surface area (Å²) in [4.78, 5) is 15.8. The van der Waals surface area contributed by atoms with Crippen LogP contribution in [0.2, 0.25) is 0 Å². The molecule has 100 valence electrons. The molecule has 5 nitrogen and oxygen atoms in total. The van der Waals surface area contributed by atoms with E-state index in [1.54, 1.807) is 12.1 Å². The van der Waals surface area contributed by atoms with Crippen LogP contribution in [0.4, 0.5) is 4.39 Å². The van der Waals surface area contributed by atoms with E-state index in [1.165, 1.54) is 12.4 Å². The van der Waals surface area contributed by atoms with Crippen LogP contribution in [-0.2, 0) is 6.42 Å². The minimum Gasteiger partial charge on any atom is -0.352 e. The summed E-state index contributed by atoms with van der Waals surface area (Å²) >= 11 is 3.16. The van der Waals surface area contributed by atoms with Crippen molar-refractivity contribution in [2.45, 2.75) is 12.8 Å².